The van der Waals surface area contributed by atoms with E-state index in [-0.39, 0.29) is 26.1 Å². The average Bonchev–Trinajstić information content (AvgIpc) is 2.23. The first kappa shape index (κ1) is 18.2. The van der Waals surface area contributed by atoms with Gasteiger partial charge in [0.25, 0.3) is 10.2 Å². The number of hydrogen-bond acceptors (Lipinski definition) is 5. The summed E-state index contributed by atoms with van der Waals surface area (Å²) in [5, 5.41) is 8.44. The fourth-order valence-electron chi connectivity index (χ4n) is 1.03. The molecule has 0 aromatic carbocycles. The summed E-state index contributed by atoms with van der Waals surface area (Å²) in [6.07, 6.45) is 1.02. The zero-order valence-corrected chi connectivity index (χ0v) is 12.4. The lowest BCUT2D eigenvalue weighted by Gasteiger charge is -2.16. The van der Waals surface area contributed by atoms with Gasteiger partial charge >= 0.3 is 5.97 Å². The van der Waals surface area contributed by atoms with Gasteiger partial charge in [0.05, 0.1) is 12.7 Å². The van der Waals surface area contributed by atoms with Crippen molar-refractivity contribution in [2.45, 2.75) is 12.8 Å². The molecule has 0 bridgehead atoms. The lowest BCUT2D eigenvalue weighted by Crippen LogP contribution is -2.40. The maximum Gasteiger partial charge on any atom is 0.304 e. The van der Waals surface area contributed by atoms with Gasteiger partial charge in [0.2, 0.25) is 10.0 Å². The van der Waals surface area contributed by atoms with E-state index in [1.807, 2.05) is 0 Å². The van der Waals surface area contributed by atoms with Gasteiger partial charge in [-0.25, -0.2) is 17.9 Å². The number of aliphatic carboxylic acids is 1. The molecule has 0 aliphatic carbocycles. The summed E-state index contributed by atoms with van der Waals surface area (Å²) in [4.78, 5) is 10.3. The number of nitrogens with one attached hydrogen (secondary N) is 2. The van der Waals surface area contributed by atoms with Crippen LogP contribution in [0.4, 0.5) is 0 Å². The highest BCUT2D eigenvalue weighted by Gasteiger charge is 2.17. The molecule has 0 aliphatic heterocycles. The molecule has 0 aliphatic rings. The van der Waals surface area contributed by atoms with E-state index in [2.05, 4.69) is 9.44 Å². The van der Waals surface area contributed by atoms with Gasteiger partial charge in [0.15, 0.2) is 0 Å². The van der Waals surface area contributed by atoms with Crippen molar-refractivity contribution in [1.82, 2.24) is 13.7 Å². The second-order valence-corrected chi connectivity index (χ2v) is 7.58. The Bertz CT molecular complexity index is 487. The molecule has 0 spiro atoms. The molecule has 0 rings (SSSR count). The van der Waals surface area contributed by atoms with Crippen LogP contribution >= 0.6 is 0 Å². The Morgan fingerprint density at radius 3 is 2.16 bits per heavy atom. The van der Waals surface area contributed by atoms with Crippen LogP contribution in [-0.2, 0) is 25.0 Å². The smallest absolute Gasteiger partial charge is 0.304 e. The van der Waals surface area contributed by atoms with Crippen molar-refractivity contribution >= 4 is 26.2 Å². The molecule has 0 amide bonds. The van der Waals surface area contributed by atoms with Crippen molar-refractivity contribution in [1.29, 1.82) is 0 Å². The van der Waals surface area contributed by atoms with E-state index in [9.17, 15) is 21.6 Å². The van der Waals surface area contributed by atoms with E-state index >= 15 is 0 Å². The minimum absolute atomic E-state index is 0.0578. The van der Waals surface area contributed by atoms with Gasteiger partial charge in [0.1, 0.15) is 0 Å². The first-order valence-electron chi connectivity index (χ1n) is 5.42. The summed E-state index contributed by atoms with van der Waals surface area (Å²) < 4.78 is 50.0. The van der Waals surface area contributed by atoms with Crippen LogP contribution in [0.15, 0.2) is 0 Å². The average molecular weight is 317 g/mol. The van der Waals surface area contributed by atoms with Gasteiger partial charge in [-0.15, -0.1) is 0 Å². The second-order valence-electron chi connectivity index (χ2n) is 3.88. The highest BCUT2D eigenvalue weighted by molar-refractivity contribution is 7.88. The standard InChI is InChI=1S/C8H19N3O6S2/c1-11(7-4-8(12)13)19(16,17)10-6-3-5-9-18(2,14)15/h9-10H,3-7H2,1-2H3,(H,12,13). The lowest BCUT2D eigenvalue weighted by molar-refractivity contribution is -0.137. The molecule has 11 heteroatoms. The zero-order chi connectivity index (χ0) is 15.1. The van der Waals surface area contributed by atoms with Crippen molar-refractivity contribution in [2.24, 2.45) is 0 Å². The molecule has 0 unspecified atom stereocenters. The Balaban J connectivity index is 4.00. The second kappa shape index (κ2) is 7.75. The maximum atomic E-state index is 11.6. The predicted molar refractivity (Wildman–Crippen MR) is 69.3 cm³/mol. The summed E-state index contributed by atoms with van der Waals surface area (Å²) in [7, 11) is -5.74. The van der Waals surface area contributed by atoms with E-state index in [4.69, 9.17) is 5.11 Å². The fraction of sp³-hybridized carbons (Fsp3) is 0.875. The van der Waals surface area contributed by atoms with Crippen LogP contribution in [0, 0.1) is 0 Å². The van der Waals surface area contributed by atoms with Crippen molar-refractivity contribution < 1.29 is 26.7 Å². The molecule has 0 saturated carbocycles. The normalized spacial score (nSPS) is 12.8. The summed E-state index contributed by atoms with van der Waals surface area (Å²) in [6.45, 7) is 0.0503. The highest BCUT2D eigenvalue weighted by atomic mass is 32.2. The summed E-state index contributed by atoms with van der Waals surface area (Å²) in [5.74, 6) is -1.08. The molecule has 0 fully saturated rings. The van der Waals surface area contributed by atoms with E-state index in [0.717, 1.165) is 10.6 Å². The van der Waals surface area contributed by atoms with Crippen LogP contribution in [0.25, 0.3) is 0 Å². The highest BCUT2D eigenvalue weighted by Crippen LogP contribution is 1.96. The Kier molecular flexibility index (Phi) is 7.44. The van der Waals surface area contributed by atoms with Crippen molar-refractivity contribution in [3.8, 4) is 0 Å². The summed E-state index contributed by atoms with van der Waals surface area (Å²) >= 11 is 0. The van der Waals surface area contributed by atoms with Crippen LogP contribution in [0.3, 0.4) is 0 Å². The minimum atomic E-state index is -3.73. The quantitative estimate of drug-likeness (QED) is 0.406. The number of hydrogen-bond donors (Lipinski definition) is 3. The Morgan fingerprint density at radius 1 is 1.16 bits per heavy atom. The van der Waals surface area contributed by atoms with Gasteiger partial charge in [-0.3, -0.25) is 4.79 Å². The molecular formula is C8H19N3O6S2. The molecule has 19 heavy (non-hydrogen) atoms. The third-order valence-corrected chi connectivity index (χ3v) is 4.35. The number of carboxylic acid groups (broad SMARTS) is 1. The van der Waals surface area contributed by atoms with Crippen LogP contribution in [-0.4, -0.2) is 65.2 Å². The third kappa shape index (κ3) is 9.78. The van der Waals surface area contributed by atoms with Crippen LogP contribution in [0.5, 0.6) is 0 Å². The molecule has 0 radical (unpaired) electrons. The van der Waals surface area contributed by atoms with E-state index in [0.29, 0.717) is 6.42 Å². The first-order chi connectivity index (χ1) is 8.54. The number of nitrogens with zero attached hydrogens (tertiary/aromatic N) is 1. The molecule has 9 nitrogen and oxygen atoms in total. The predicted octanol–water partition coefficient (Wildman–Crippen LogP) is -1.83. The fourth-order valence-corrected chi connectivity index (χ4v) is 2.50. The van der Waals surface area contributed by atoms with Gasteiger partial charge in [-0.2, -0.15) is 12.7 Å². The summed E-state index contributed by atoms with van der Waals surface area (Å²) in [5.41, 5.74) is 0. The zero-order valence-electron chi connectivity index (χ0n) is 10.8. The molecule has 0 heterocycles. The van der Waals surface area contributed by atoms with Crippen LogP contribution in [0.2, 0.25) is 0 Å². The van der Waals surface area contributed by atoms with Crippen molar-refractivity contribution in [3.63, 3.8) is 0 Å². The molecule has 0 saturated heterocycles. The Morgan fingerprint density at radius 2 is 1.68 bits per heavy atom. The minimum Gasteiger partial charge on any atom is -0.481 e. The lowest BCUT2D eigenvalue weighted by atomic mass is 10.4. The largest absolute Gasteiger partial charge is 0.481 e. The van der Waals surface area contributed by atoms with Crippen molar-refractivity contribution in [2.75, 3.05) is 32.9 Å². The van der Waals surface area contributed by atoms with E-state index in [1.165, 1.54) is 7.05 Å². The molecular weight excluding hydrogens is 298 g/mol. The van der Waals surface area contributed by atoms with Gasteiger partial charge in [-0.1, -0.05) is 0 Å². The number of carbonyl (C=O) groups is 1. The van der Waals surface area contributed by atoms with Gasteiger partial charge < -0.3 is 5.11 Å². The number of sulfonamides is 1. The Hall–Kier alpha value is -0.750. The summed E-state index contributed by atoms with van der Waals surface area (Å²) in [6, 6.07) is 0. The number of rotatable bonds is 10. The van der Waals surface area contributed by atoms with E-state index < -0.39 is 26.2 Å². The Labute approximate surface area is 113 Å². The third-order valence-electron chi connectivity index (χ3n) is 2.05. The molecule has 0 atom stereocenters. The van der Waals surface area contributed by atoms with E-state index in [1.54, 1.807) is 0 Å². The maximum absolute atomic E-state index is 11.6. The molecule has 0 aromatic rings. The van der Waals surface area contributed by atoms with Crippen LogP contribution < -0.4 is 9.44 Å². The SMILES string of the molecule is CN(CCC(=O)O)S(=O)(=O)NCCCNS(C)(=O)=O. The van der Waals surface area contributed by atoms with Gasteiger partial charge in [0, 0.05) is 26.7 Å². The molecule has 0 aromatic heterocycles. The van der Waals surface area contributed by atoms with Crippen molar-refractivity contribution in [3.05, 3.63) is 0 Å². The number of carboxylic acids is 1. The van der Waals surface area contributed by atoms with Gasteiger partial charge in [-0.05, 0) is 6.42 Å². The molecule has 114 valence electrons. The molecule has 3 N–H and O–H groups in total. The topological polar surface area (TPSA) is 133 Å². The monoisotopic (exact) mass is 317 g/mol. The first-order valence-corrected chi connectivity index (χ1v) is 8.75. The van der Waals surface area contributed by atoms with Crippen LogP contribution in [0.1, 0.15) is 12.8 Å².